The SMILES string of the molecule is CCC(CC)(CO)NS(=O)(=O)c1ccc(OC)cc1OC. The fraction of sp³-hybridized carbons (Fsp3) is 0.571. The third kappa shape index (κ3) is 3.87. The molecule has 1 aromatic carbocycles. The highest BCUT2D eigenvalue weighted by Gasteiger charge is 2.33. The molecule has 0 amide bonds. The van der Waals surface area contributed by atoms with E-state index in [0.717, 1.165) is 0 Å². The average molecular weight is 317 g/mol. The van der Waals surface area contributed by atoms with Gasteiger partial charge in [-0.1, -0.05) is 13.8 Å². The van der Waals surface area contributed by atoms with Gasteiger partial charge in [-0.05, 0) is 25.0 Å². The van der Waals surface area contributed by atoms with Crippen molar-refractivity contribution in [2.45, 2.75) is 37.1 Å². The predicted octanol–water partition coefficient (Wildman–Crippen LogP) is 1.53. The highest BCUT2D eigenvalue weighted by atomic mass is 32.2. The first kappa shape index (κ1) is 17.7. The Morgan fingerprint density at radius 2 is 1.81 bits per heavy atom. The molecule has 0 aliphatic rings. The van der Waals surface area contributed by atoms with Crippen molar-refractivity contribution in [1.29, 1.82) is 0 Å². The molecule has 2 N–H and O–H groups in total. The number of aliphatic hydroxyl groups excluding tert-OH is 1. The van der Waals surface area contributed by atoms with Crippen molar-refractivity contribution < 1.29 is 23.0 Å². The van der Waals surface area contributed by atoms with Crippen molar-refractivity contribution in [1.82, 2.24) is 4.72 Å². The van der Waals surface area contributed by atoms with Crippen molar-refractivity contribution in [3.63, 3.8) is 0 Å². The van der Waals surface area contributed by atoms with E-state index in [4.69, 9.17) is 9.47 Å². The smallest absolute Gasteiger partial charge is 0.244 e. The van der Waals surface area contributed by atoms with Crippen molar-refractivity contribution in [2.75, 3.05) is 20.8 Å². The lowest BCUT2D eigenvalue weighted by Gasteiger charge is -2.30. The molecular weight excluding hydrogens is 294 g/mol. The summed E-state index contributed by atoms with van der Waals surface area (Å²) in [5.41, 5.74) is -0.871. The fourth-order valence-electron chi connectivity index (χ4n) is 1.99. The van der Waals surface area contributed by atoms with Gasteiger partial charge in [0, 0.05) is 6.07 Å². The Bertz CT molecular complexity index is 558. The molecule has 0 heterocycles. The topological polar surface area (TPSA) is 84.9 Å². The van der Waals surface area contributed by atoms with Crippen LogP contribution < -0.4 is 14.2 Å². The first-order valence-electron chi connectivity index (χ1n) is 6.75. The van der Waals surface area contributed by atoms with Gasteiger partial charge in [0.15, 0.2) is 0 Å². The minimum absolute atomic E-state index is 0.0190. The summed E-state index contributed by atoms with van der Waals surface area (Å²) < 4.78 is 37.9. The molecule has 6 nitrogen and oxygen atoms in total. The van der Waals surface area contributed by atoms with Gasteiger partial charge in [-0.3, -0.25) is 0 Å². The van der Waals surface area contributed by atoms with Gasteiger partial charge < -0.3 is 14.6 Å². The third-order valence-electron chi connectivity index (χ3n) is 3.67. The first-order valence-corrected chi connectivity index (χ1v) is 8.23. The van der Waals surface area contributed by atoms with Crippen molar-refractivity contribution in [2.24, 2.45) is 0 Å². The van der Waals surface area contributed by atoms with Crippen LogP contribution in [-0.2, 0) is 10.0 Å². The average Bonchev–Trinajstić information content (AvgIpc) is 2.51. The Labute approximate surface area is 126 Å². The molecule has 0 unspecified atom stereocenters. The van der Waals surface area contributed by atoms with Gasteiger partial charge in [-0.25, -0.2) is 13.1 Å². The van der Waals surface area contributed by atoms with Gasteiger partial charge in [0.2, 0.25) is 10.0 Å². The molecule has 0 radical (unpaired) electrons. The lowest BCUT2D eigenvalue weighted by atomic mass is 9.96. The van der Waals surface area contributed by atoms with Crippen LogP contribution in [0.5, 0.6) is 11.5 Å². The van der Waals surface area contributed by atoms with Crippen molar-refractivity contribution >= 4 is 10.0 Å². The Balaban J connectivity index is 3.25. The maximum Gasteiger partial charge on any atom is 0.244 e. The number of ether oxygens (including phenoxy) is 2. The molecule has 0 spiro atoms. The Kier molecular flexibility index (Phi) is 6.00. The van der Waals surface area contributed by atoms with Crippen LogP contribution in [0.25, 0.3) is 0 Å². The van der Waals surface area contributed by atoms with Crippen LogP contribution in [0.3, 0.4) is 0 Å². The summed E-state index contributed by atoms with van der Waals surface area (Å²) in [6.45, 7) is 3.39. The van der Waals surface area contributed by atoms with Crippen LogP contribution in [0.4, 0.5) is 0 Å². The number of hydrogen-bond donors (Lipinski definition) is 2. The van der Waals surface area contributed by atoms with E-state index in [1.165, 1.54) is 26.4 Å². The van der Waals surface area contributed by atoms with Gasteiger partial charge in [-0.2, -0.15) is 0 Å². The zero-order chi connectivity index (χ0) is 16.1. The second kappa shape index (κ2) is 7.11. The largest absolute Gasteiger partial charge is 0.497 e. The van der Waals surface area contributed by atoms with Crippen molar-refractivity contribution in [3.8, 4) is 11.5 Å². The molecule has 0 aliphatic carbocycles. The summed E-state index contributed by atoms with van der Waals surface area (Å²) in [6, 6.07) is 4.48. The van der Waals surface area contributed by atoms with Crippen LogP contribution >= 0.6 is 0 Å². The maximum atomic E-state index is 12.6. The minimum Gasteiger partial charge on any atom is -0.497 e. The van der Waals surface area contributed by atoms with E-state index in [-0.39, 0.29) is 17.3 Å². The molecule has 7 heteroatoms. The Morgan fingerprint density at radius 1 is 1.19 bits per heavy atom. The van der Waals surface area contributed by atoms with Gasteiger partial charge >= 0.3 is 0 Å². The van der Waals surface area contributed by atoms with E-state index in [0.29, 0.717) is 18.6 Å². The number of aliphatic hydroxyl groups is 1. The second-order valence-corrected chi connectivity index (χ2v) is 6.42. The van der Waals surface area contributed by atoms with Crippen LogP contribution in [-0.4, -0.2) is 39.9 Å². The number of hydrogen-bond acceptors (Lipinski definition) is 5. The predicted molar refractivity (Wildman–Crippen MR) is 80.3 cm³/mol. The summed E-state index contributed by atoms with van der Waals surface area (Å²) in [5, 5.41) is 9.52. The number of sulfonamides is 1. The van der Waals surface area contributed by atoms with E-state index in [1.54, 1.807) is 6.07 Å². The van der Waals surface area contributed by atoms with Gasteiger partial charge in [-0.15, -0.1) is 0 Å². The summed E-state index contributed by atoms with van der Waals surface area (Å²) in [4.78, 5) is 0.0190. The monoisotopic (exact) mass is 317 g/mol. The standard InChI is InChI=1S/C14H23NO5S/c1-5-14(6-2,10-16)15-21(17,18)13-8-7-11(19-3)9-12(13)20-4/h7-9,15-16H,5-6,10H2,1-4H3. The molecule has 1 aromatic rings. The van der Waals surface area contributed by atoms with Crippen molar-refractivity contribution in [3.05, 3.63) is 18.2 Å². The van der Waals surface area contributed by atoms with Crippen LogP contribution in [0.2, 0.25) is 0 Å². The van der Waals surface area contributed by atoms with Crippen LogP contribution in [0, 0.1) is 0 Å². The van der Waals surface area contributed by atoms with Gasteiger partial charge in [0.05, 0.1) is 26.4 Å². The highest BCUT2D eigenvalue weighted by Crippen LogP contribution is 2.29. The summed E-state index contributed by atoms with van der Waals surface area (Å²) in [7, 11) is -0.925. The zero-order valence-corrected chi connectivity index (χ0v) is 13.7. The molecule has 0 atom stereocenters. The number of nitrogens with one attached hydrogen (secondary N) is 1. The van der Waals surface area contributed by atoms with E-state index in [9.17, 15) is 13.5 Å². The molecule has 0 aromatic heterocycles. The number of methoxy groups -OCH3 is 2. The summed E-state index contributed by atoms with van der Waals surface area (Å²) >= 11 is 0. The number of benzene rings is 1. The molecule has 0 saturated heterocycles. The Morgan fingerprint density at radius 3 is 2.24 bits per heavy atom. The quantitative estimate of drug-likeness (QED) is 0.759. The first-order chi connectivity index (χ1) is 9.87. The molecule has 0 aliphatic heterocycles. The molecular formula is C14H23NO5S. The molecule has 120 valence electrons. The molecule has 0 bridgehead atoms. The normalized spacial score (nSPS) is 12.2. The highest BCUT2D eigenvalue weighted by molar-refractivity contribution is 7.89. The molecule has 0 fully saturated rings. The van der Waals surface area contributed by atoms with E-state index < -0.39 is 15.6 Å². The Hall–Kier alpha value is -1.31. The summed E-state index contributed by atoms with van der Waals surface area (Å²) in [6.07, 6.45) is 0.968. The zero-order valence-electron chi connectivity index (χ0n) is 12.8. The lowest BCUT2D eigenvalue weighted by molar-refractivity contribution is 0.172. The molecule has 1 rings (SSSR count). The third-order valence-corrected chi connectivity index (χ3v) is 5.29. The molecule has 21 heavy (non-hydrogen) atoms. The van der Waals surface area contributed by atoms with Gasteiger partial charge in [0.25, 0.3) is 0 Å². The maximum absolute atomic E-state index is 12.6. The second-order valence-electron chi connectivity index (χ2n) is 4.77. The minimum atomic E-state index is -3.81. The van der Waals surface area contributed by atoms with Gasteiger partial charge in [0.1, 0.15) is 16.4 Å². The van der Waals surface area contributed by atoms with E-state index in [1.807, 2.05) is 13.8 Å². The summed E-state index contributed by atoms with van der Waals surface area (Å²) in [5.74, 6) is 0.700. The molecule has 0 saturated carbocycles. The lowest BCUT2D eigenvalue weighted by Crippen LogP contribution is -2.50. The van der Waals surface area contributed by atoms with Crippen LogP contribution in [0.15, 0.2) is 23.1 Å². The van der Waals surface area contributed by atoms with E-state index in [2.05, 4.69) is 4.72 Å². The van der Waals surface area contributed by atoms with E-state index >= 15 is 0 Å². The fourth-order valence-corrected chi connectivity index (χ4v) is 3.67. The number of rotatable bonds is 8. The van der Waals surface area contributed by atoms with Crippen LogP contribution in [0.1, 0.15) is 26.7 Å².